The van der Waals surface area contributed by atoms with Gasteiger partial charge in [0.05, 0.1) is 36.2 Å². The molecule has 0 aliphatic heterocycles. The average Bonchev–Trinajstić information content (AvgIpc) is 2.84. The van der Waals surface area contributed by atoms with Gasteiger partial charge in [-0.3, -0.25) is 10.7 Å². The number of anilines is 1. The number of fused-ring (bicyclic) bond motifs is 1. The molecule has 0 spiro atoms. The molecule has 0 bridgehead atoms. The Hall–Kier alpha value is -3.98. The molecule has 0 aromatic heterocycles. The molecule has 34 heavy (non-hydrogen) atoms. The fourth-order valence-corrected chi connectivity index (χ4v) is 3.65. The van der Waals surface area contributed by atoms with Gasteiger partial charge in [-0.05, 0) is 61.5 Å². The monoisotopic (exact) mass is 468 g/mol. The van der Waals surface area contributed by atoms with Gasteiger partial charge in [0.1, 0.15) is 29.1 Å². The van der Waals surface area contributed by atoms with Crippen LogP contribution < -0.4 is 15.0 Å². The van der Waals surface area contributed by atoms with E-state index in [0.29, 0.717) is 23.1 Å². The summed E-state index contributed by atoms with van der Waals surface area (Å²) in [6, 6.07) is 9.55. The summed E-state index contributed by atoms with van der Waals surface area (Å²) in [5.41, 5.74) is 4.02. The molecule has 1 atom stereocenters. The summed E-state index contributed by atoms with van der Waals surface area (Å²) in [6.07, 6.45) is 1.34. The van der Waals surface area contributed by atoms with Crippen LogP contribution in [-0.4, -0.2) is 25.4 Å². The van der Waals surface area contributed by atoms with Crippen LogP contribution in [0.3, 0.4) is 0 Å². The van der Waals surface area contributed by atoms with E-state index in [1.807, 2.05) is 19.9 Å². The van der Waals surface area contributed by atoms with Crippen molar-refractivity contribution in [3.05, 3.63) is 76.0 Å². The first-order valence-corrected chi connectivity index (χ1v) is 10.4. The van der Waals surface area contributed by atoms with Crippen LogP contribution >= 0.6 is 0 Å². The number of esters is 1. The number of hydrogen-bond acceptors (Lipinski definition) is 8. The molecule has 0 saturated heterocycles. The van der Waals surface area contributed by atoms with Crippen LogP contribution in [0.1, 0.15) is 42.3 Å². The van der Waals surface area contributed by atoms with E-state index in [2.05, 4.69) is 10.7 Å². The number of halogens is 1. The van der Waals surface area contributed by atoms with Crippen LogP contribution in [0, 0.1) is 10.7 Å². The van der Waals surface area contributed by atoms with E-state index >= 15 is 0 Å². The summed E-state index contributed by atoms with van der Waals surface area (Å²) in [5.74, 6) is -0.594. The lowest BCUT2D eigenvalue weighted by atomic mass is 9.96. The van der Waals surface area contributed by atoms with E-state index in [-0.39, 0.29) is 28.1 Å². The van der Waals surface area contributed by atoms with E-state index < -0.39 is 17.9 Å². The molecule has 9 heteroatoms. The molecular weight excluding hydrogens is 443 g/mol. The fourth-order valence-electron chi connectivity index (χ4n) is 3.65. The van der Waals surface area contributed by atoms with Crippen LogP contribution in [0.25, 0.3) is 10.8 Å². The quantitative estimate of drug-likeness (QED) is 0.161. The molecule has 0 fully saturated rings. The summed E-state index contributed by atoms with van der Waals surface area (Å²) in [4.78, 5) is 24.5. The highest BCUT2D eigenvalue weighted by Gasteiger charge is 2.27. The van der Waals surface area contributed by atoms with Crippen molar-refractivity contribution in [2.75, 3.05) is 19.7 Å². The van der Waals surface area contributed by atoms with Crippen molar-refractivity contribution in [3.63, 3.8) is 0 Å². The second-order valence-electron chi connectivity index (χ2n) is 7.70. The average molecular weight is 468 g/mol. The zero-order valence-corrected chi connectivity index (χ0v) is 19.2. The third kappa shape index (κ3) is 4.99. The van der Waals surface area contributed by atoms with Gasteiger partial charge >= 0.3 is 5.97 Å². The highest BCUT2D eigenvalue weighted by molar-refractivity contribution is 6.08. The van der Waals surface area contributed by atoms with E-state index in [0.717, 1.165) is 5.57 Å². The third-order valence-electron chi connectivity index (χ3n) is 5.26. The van der Waals surface area contributed by atoms with Gasteiger partial charge in [-0.15, -0.1) is 4.91 Å². The number of nitrogens with one attached hydrogen (secondary N) is 1. The second kappa shape index (κ2) is 10.8. The topological polar surface area (TPSA) is 106 Å². The number of ether oxygens (including phenoxy) is 3. The third-order valence-corrected chi connectivity index (χ3v) is 5.26. The van der Waals surface area contributed by atoms with Crippen LogP contribution in [-0.2, 0) is 4.74 Å². The number of methoxy groups -OCH3 is 2. The molecule has 0 amide bonds. The van der Waals surface area contributed by atoms with Gasteiger partial charge in [0, 0.05) is 12.0 Å². The summed E-state index contributed by atoms with van der Waals surface area (Å²) in [6.45, 7) is 3.81. The molecule has 0 saturated carbocycles. The lowest BCUT2D eigenvalue weighted by Crippen LogP contribution is -2.13. The molecular formula is C25H25FN2O6. The van der Waals surface area contributed by atoms with Crippen LogP contribution in [0.4, 0.5) is 15.8 Å². The lowest BCUT2D eigenvalue weighted by molar-refractivity contribution is 0.0298. The standard InChI is InChI=1S/C25H25FN2O6/c1-14(2)5-12-20(34-25(29)15-6-8-16(26)9-7-15)17-13-21(32-3)22-18(27-30)10-11-19(28-31)23(22)24(17)33-4/h5-11,13,20,27,30H,12H2,1-4H3/t20-/m0/s1. The first-order valence-electron chi connectivity index (χ1n) is 10.4. The first-order chi connectivity index (χ1) is 16.3. The van der Waals surface area contributed by atoms with Crippen molar-refractivity contribution in [3.8, 4) is 11.5 Å². The van der Waals surface area contributed by atoms with Gasteiger partial charge in [-0.2, -0.15) is 0 Å². The summed E-state index contributed by atoms with van der Waals surface area (Å²) < 4.78 is 30.3. The van der Waals surface area contributed by atoms with Crippen molar-refractivity contribution in [2.24, 2.45) is 5.18 Å². The summed E-state index contributed by atoms with van der Waals surface area (Å²) >= 11 is 0. The highest BCUT2D eigenvalue weighted by Crippen LogP contribution is 2.48. The Balaban J connectivity index is 2.24. The zero-order chi connectivity index (χ0) is 24.8. The minimum Gasteiger partial charge on any atom is -0.496 e. The normalized spacial score (nSPS) is 11.5. The predicted molar refractivity (Wildman–Crippen MR) is 127 cm³/mol. The predicted octanol–water partition coefficient (Wildman–Crippen LogP) is 6.45. The Labute approximate surface area is 195 Å². The molecule has 8 nitrogen and oxygen atoms in total. The minimum absolute atomic E-state index is 0.0526. The highest BCUT2D eigenvalue weighted by atomic mass is 19.1. The molecule has 0 radical (unpaired) electrons. The van der Waals surface area contributed by atoms with Crippen LogP contribution in [0.5, 0.6) is 11.5 Å². The maximum absolute atomic E-state index is 13.3. The molecule has 0 aliphatic carbocycles. The van der Waals surface area contributed by atoms with Gasteiger partial charge in [0.25, 0.3) is 0 Å². The Morgan fingerprint density at radius 3 is 2.38 bits per heavy atom. The van der Waals surface area contributed by atoms with E-state index in [9.17, 15) is 19.3 Å². The lowest BCUT2D eigenvalue weighted by Gasteiger charge is -2.23. The molecule has 3 rings (SSSR count). The van der Waals surface area contributed by atoms with Gasteiger partial charge in [-0.1, -0.05) is 11.6 Å². The Kier molecular flexibility index (Phi) is 7.80. The molecule has 0 unspecified atom stereocenters. The number of carbonyl (C=O) groups is 1. The van der Waals surface area contributed by atoms with Crippen LogP contribution in [0.15, 0.2) is 59.3 Å². The number of hydrogen-bond donors (Lipinski definition) is 2. The molecule has 3 aromatic carbocycles. The number of nitroso groups, excluding NO2 is 1. The summed E-state index contributed by atoms with van der Waals surface area (Å²) in [5, 5.41) is 13.4. The SMILES string of the molecule is COc1cc([C@H](CC=C(C)C)OC(=O)c2ccc(F)cc2)c(OC)c2c(N=O)ccc(NO)c12. The first kappa shape index (κ1) is 24.7. The van der Waals surface area contributed by atoms with Gasteiger partial charge in [-0.25, -0.2) is 9.18 Å². The van der Waals surface area contributed by atoms with Crippen LogP contribution in [0.2, 0.25) is 0 Å². The molecule has 0 aliphatic rings. The Morgan fingerprint density at radius 2 is 1.82 bits per heavy atom. The second-order valence-corrected chi connectivity index (χ2v) is 7.70. The van der Waals surface area contributed by atoms with Gasteiger partial charge in [0.2, 0.25) is 0 Å². The van der Waals surface area contributed by atoms with E-state index in [4.69, 9.17) is 14.2 Å². The molecule has 2 N–H and O–H groups in total. The van der Waals surface area contributed by atoms with Crippen molar-refractivity contribution >= 4 is 28.1 Å². The minimum atomic E-state index is -0.842. The Bertz CT molecular complexity index is 1240. The number of carbonyl (C=O) groups excluding carboxylic acids is 1. The van der Waals surface area contributed by atoms with E-state index in [1.165, 1.54) is 50.6 Å². The number of rotatable bonds is 9. The number of benzene rings is 3. The number of nitrogens with zero attached hydrogens (tertiary/aromatic N) is 1. The smallest absolute Gasteiger partial charge is 0.338 e. The van der Waals surface area contributed by atoms with Crippen molar-refractivity contribution in [1.82, 2.24) is 0 Å². The van der Waals surface area contributed by atoms with Crippen molar-refractivity contribution < 1.29 is 28.6 Å². The Morgan fingerprint density at radius 1 is 1.12 bits per heavy atom. The van der Waals surface area contributed by atoms with Crippen molar-refractivity contribution in [1.29, 1.82) is 0 Å². The molecule has 178 valence electrons. The fraction of sp³-hybridized carbons (Fsp3) is 0.240. The number of allylic oxidation sites excluding steroid dienone is 1. The maximum Gasteiger partial charge on any atom is 0.338 e. The molecule has 3 aromatic rings. The summed E-state index contributed by atoms with van der Waals surface area (Å²) in [7, 11) is 2.85. The van der Waals surface area contributed by atoms with E-state index in [1.54, 1.807) is 6.07 Å². The van der Waals surface area contributed by atoms with Gasteiger partial charge in [0.15, 0.2) is 0 Å². The maximum atomic E-state index is 13.3. The zero-order valence-electron chi connectivity index (χ0n) is 19.2. The molecule has 0 heterocycles. The largest absolute Gasteiger partial charge is 0.496 e. The van der Waals surface area contributed by atoms with Gasteiger partial charge < -0.3 is 14.2 Å². The van der Waals surface area contributed by atoms with Crippen molar-refractivity contribution in [2.45, 2.75) is 26.4 Å².